The Morgan fingerprint density at radius 3 is 2.06 bits per heavy atom. The van der Waals surface area contributed by atoms with Gasteiger partial charge in [0, 0.05) is 32.5 Å². The molecule has 0 aliphatic carbocycles. The molecule has 0 bridgehead atoms. The van der Waals surface area contributed by atoms with Gasteiger partial charge in [-0.3, -0.25) is 9.59 Å². The average molecular weight is 459 g/mol. The Bertz CT molecular complexity index is 819. The van der Waals surface area contributed by atoms with Gasteiger partial charge in [-0.15, -0.1) is 0 Å². The van der Waals surface area contributed by atoms with E-state index in [0.29, 0.717) is 43.2 Å². The number of hydrogen-bond donors (Lipinski definition) is 1. The molecule has 5 nitrogen and oxygen atoms in total. The number of methoxy groups -OCH3 is 1. The van der Waals surface area contributed by atoms with Crippen molar-refractivity contribution in [2.45, 2.75) is 93.2 Å². The van der Waals surface area contributed by atoms with Crippen LogP contribution in [0.25, 0.3) is 0 Å². The number of ether oxygens (including phenoxy) is 1. The molecule has 1 heterocycles. The van der Waals surface area contributed by atoms with E-state index < -0.39 is 0 Å². The van der Waals surface area contributed by atoms with Crippen LogP contribution in [-0.2, 0) is 20.9 Å². The average Bonchev–Trinajstić information content (AvgIpc) is 3.13. The molecule has 0 radical (unpaired) electrons. The van der Waals surface area contributed by atoms with E-state index in [-0.39, 0.29) is 11.9 Å². The number of amides is 1. The third-order valence-corrected chi connectivity index (χ3v) is 8.54. The van der Waals surface area contributed by atoms with E-state index in [1.165, 1.54) is 40.5 Å². The van der Waals surface area contributed by atoms with E-state index in [9.17, 15) is 9.59 Å². The first-order valence-electron chi connectivity index (χ1n) is 12.6. The van der Waals surface area contributed by atoms with E-state index >= 15 is 0 Å². The molecule has 1 aromatic carbocycles. The van der Waals surface area contributed by atoms with Gasteiger partial charge < -0.3 is 15.0 Å². The minimum Gasteiger partial charge on any atom is -0.469 e. The lowest BCUT2D eigenvalue weighted by Crippen LogP contribution is -2.36. The van der Waals surface area contributed by atoms with Gasteiger partial charge >= 0.3 is 5.97 Å². The zero-order valence-corrected chi connectivity index (χ0v) is 22.4. The maximum Gasteiger partial charge on any atom is 0.305 e. The Morgan fingerprint density at radius 1 is 0.970 bits per heavy atom. The minimum atomic E-state index is -0.153. The molecular weight excluding hydrogens is 412 g/mol. The summed E-state index contributed by atoms with van der Waals surface area (Å²) in [4.78, 5) is 26.6. The lowest BCUT2D eigenvalue weighted by atomic mass is 9.81. The second-order valence-electron chi connectivity index (χ2n) is 10.4. The van der Waals surface area contributed by atoms with Crippen molar-refractivity contribution in [2.24, 2.45) is 17.8 Å². The normalized spacial score (nSPS) is 21.2. The molecule has 1 amide bonds. The Hall–Kier alpha value is -1.88. The third kappa shape index (κ3) is 6.59. The highest BCUT2D eigenvalue weighted by Gasteiger charge is 2.35. The topological polar surface area (TPSA) is 58.6 Å². The Kier molecular flexibility index (Phi) is 9.96. The third-order valence-electron chi connectivity index (χ3n) is 8.54. The number of hydrogen-bond acceptors (Lipinski definition) is 4. The predicted octanol–water partition coefficient (Wildman–Crippen LogP) is 5.17. The zero-order valence-electron chi connectivity index (χ0n) is 22.4. The molecule has 1 saturated heterocycles. The second-order valence-corrected chi connectivity index (χ2v) is 10.4. The van der Waals surface area contributed by atoms with Crippen LogP contribution < -0.4 is 5.32 Å². The molecule has 0 aromatic heterocycles. The van der Waals surface area contributed by atoms with Gasteiger partial charge in [0.25, 0.3) is 0 Å². The highest BCUT2D eigenvalue weighted by molar-refractivity contribution is 5.76. The molecule has 0 unspecified atom stereocenters. The highest BCUT2D eigenvalue weighted by atomic mass is 16.5. The maximum atomic E-state index is 13.1. The Balaban J connectivity index is 2.04. The fraction of sp³-hybridized carbons (Fsp3) is 0.714. The molecule has 1 aromatic rings. The number of carbonyl (C=O) groups is 2. The number of esters is 1. The van der Waals surface area contributed by atoms with Gasteiger partial charge in [-0.1, -0.05) is 13.8 Å². The Labute approximate surface area is 201 Å². The maximum absolute atomic E-state index is 13.1. The summed E-state index contributed by atoms with van der Waals surface area (Å²) >= 11 is 0. The van der Waals surface area contributed by atoms with Crippen LogP contribution in [0.1, 0.15) is 79.3 Å². The lowest BCUT2D eigenvalue weighted by Gasteiger charge is -2.29. The summed E-state index contributed by atoms with van der Waals surface area (Å²) in [5.74, 6) is 1.64. The van der Waals surface area contributed by atoms with E-state index in [0.717, 1.165) is 25.8 Å². The van der Waals surface area contributed by atoms with E-state index in [1.807, 2.05) is 11.9 Å². The minimum absolute atomic E-state index is 0.153. The predicted molar refractivity (Wildman–Crippen MR) is 135 cm³/mol. The summed E-state index contributed by atoms with van der Waals surface area (Å²) < 4.78 is 4.81. The zero-order chi connectivity index (χ0) is 24.9. The van der Waals surface area contributed by atoms with Crippen LogP contribution in [0.4, 0.5) is 0 Å². The van der Waals surface area contributed by atoms with Crippen molar-refractivity contribution >= 4 is 11.9 Å². The van der Waals surface area contributed by atoms with E-state index in [2.05, 4.69) is 53.8 Å². The molecule has 33 heavy (non-hydrogen) atoms. The number of rotatable bonds is 10. The molecule has 5 heteroatoms. The van der Waals surface area contributed by atoms with E-state index in [4.69, 9.17) is 4.74 Å². The molecule has 2 rings (SSSR count). The highest BCUT2D eigenvalue weighted by Crippen LogP contribution is 2.32. The lowest BCUT2D eigenvalue weighted by molar-refractivity contribution is -0.140. The molecule has 1 N–H and O–H groups in total. The van der Waals surface area contributed by atoms with Gasteiger partial charge in [0.2, 0.25) is 5.91 Å². The standard InChI is InChI=1S/C28H46N2O3/c1-17-15-29-28(18(17)2)24(11-10-12-27(32)33-9)13-14-26(31)30(8)16-25-22(6)20(4)19(3)21(5)23(25)7/h17-18,24,28-29H,10-16H2,1-9H3/t17-,18-,24+,28+/m1/s1. The fourth-order valence-corrected chi connectivity index (χ4v) is 5.40. The quantitative estimate of drug-likeness (QED) is 0.491. The van der Waals surface area contributed by atoms with Crippen molar-refractivity contribution in [2.75, 3.05) is 20.7 Å². The summed E-state index contributed by atoms with van der Waals surface area (Å²) in [6, 6.07) is 0.405. The monoisotopic (exact) mass is 458 g/mol. The molecule has 4 atom stereocenters. The Morgan fingerprint density at radius 2 is 1.55 bits per heavy atom. The first-order valence-corrected chi connectivity index (χ1v) is 12.6. The van der Waals surface area contributed by atoms with Crippen LogP contribution in [0.3, 0.4) is 0 Å². The van der Waals surface area contributed by atoms with Gasteiger partial charge in [0.05, 0.1) is 7.11 Å². The first-order chi connectivity index (χ1) is 15.5. The summed E-state index contributed by atoms with van der Waals surface area (Å²) in [7, 11) is 3.37. The van der Waals surface area contributed by atoms with Gasteiger partial charge in [-0.2, -0.15) is 0 Å². The van der Waals surface area contributed by atoms with Gasteiger partial charge in [-0.25, -0.2) is 0 Å². The number of nitrogens with one attached hydrogen (secondary N) is 1. The van der Waals surface area contributed by atoms with Crippen LogP contribution in [0, 0.1) is 52.4 Å². The van der Waals surface area contributed by atoms with Crippen molar-refractivity contribution in [3.8, 4) is 0 Å². The van der Waals surface area contributed by atoms with Crippen LogP contribution in [0.5, 0.6) is 0 Å². The van der Waals surface area contributed by atoms with Gasteiger partial charge in [0.1, 0.15) is 0 Å². The van der Waals surface area contributed by atoms with Gasteiger partial charge in [0.15, 0.2) is 0 Å². The SMILES string of the molecule is COC(=O)CCC[C@@H](CCC(=O)N(C)Cc1c(C)c(C)c(C)c(C)c1C)[C@H]1NC[C@@H](C)[C@H]1C. The van der Waals surface area contributed by atoms with Crippen molar-refractivity contribution in [3.05, 3.63) is 33.4 Å². The van der Waals surface area contributed by atoms with Crippen molar-refractivity contribution < 1.29 is 14.3 Å². The van der Waals surface area contributed by atoms with Gasteiger partial charge in [-0.05, 0) is 112 Å². The summed E-state index contributed by atoms with van der Waals surface area (Å²) in [5, 5.41) is 3.69. The van der Waals surface area contributed by atoms with Crippen LogP contribution in [-0.4, -0.2) is 43.5 Å². The molecule has 0 spiro atoms. The number of carbonyl (C=O) groups excluding carboxylic acids is 2. The fourth-order valence-electron chi connectivity index (χ4n) is 5.40. The molecule has 0 saturated carbocycles. The van der Waals surface area contributed by atoms with Crippen molar-refractivity contribution in [1.82, 2.24) is 10.2 Å². The van der Waals surface area contributed by atoms with Crippen molar-refractivity contribution in [1.29, 1.82) is 0 Å². The molecule has 186 valence electrons. The second kappa shape index (κ2) is 12.0. The number of benzene rings is 1. The molecule has 1 fully saturated rings. The first kappa shape index (κ1) is 27.4. The molecular formula is C28H46N2O3. The number of nitrogens with zero attached hydrogens (tertiary/aromatic N) is 1. The summed E-state index contributed by atoms with van der Waals surface area (Å²) in [6.07, 6.45) is 3.59. The smallest absolute Gasteiger partial charge is 0.305 e. The molecule has 1 aliphatic rings. The van der Waals surface area contributed by atoms with Crippen molar-refractivity contribution in [3.63, 3.8) is 0 Å². The van der Waals surface area contributed by atoms with E-state index in [1.54, 1.807) is 0 Å². The summed E-state index contributed by atoms with van der Waals surface area (Å²) in [6.45, 7) is 17.2. The molecule has 1 aliphatic heterocycles. The van der Waals surface area contributed by atoms with Crippen LogP contribution in [0.15, 0.2) is 0 Å². The summed E-state index contributed by atoms with van der Waals surface area (Å²) in [5.41, 5.74) is 7.89. The van der Waals surface area contributed by atoms with Crippen LogP contribution >= 0.6 is 0 Å². The van der Waals surface area contributed by atoms with Crippen LogP contribution in [0.2, 0.25) is 0 Å². The largest absolute Gasteiger partial charge is 0.469 e.